The lowest BCUT2D eigenvalue weighted by Gasteiger charge is -2.03. The van der Waals surface area contributed by atoms with Crippen LogP contribution in [0.2, 0.25) is 5.15 Å². The van der Waals surface area contributed by atoms with Crippen molar-refractivity contribution in [2.75, 3.05) is 12.4 Å². The summed E-state index contributed by atoms with van der Waals surface area (Å²) in [7, 11) is 0. The summed E-state index contributed by atoms with van der Waals surface area (Å²) in [6, 6.07) is 0. The molecule has 0 aliphatic heterocycles. The van der Waals surface area contributed by atoms with Crippen LogP contribution in [0.3, 0.4) is 0 Å². The molecule has 1 aromatic rings. The summed E-state index contributed by atoms with van der Waals surface area (Å²) in [5.41, 5.74) is 0. The van der Waals surface area contributed by atoms with Crippen molar-refractivity contribution < 1.29 is 10.2 Å². The monoisotopic (exact) mass is 253 g/mol. The Hall–Kier alpha value is 0.190. The van der Waals surface area contributed by atoms with Gasteiger partial charge in [-0.25, -0.2) is 4.98 Å². The molecule has 0 saturated heterocycles. The van der Waals surface area contributed by atoms with E-state index in [2.05, 4.69) is 4.98 Å². The minimum absolute atomic E-state index is 0.0629. The van der Waals surface area contributed by atoms with Crippen LogP contribution >= 0.6 is 34.7 Å². The number of aliphatic hydroxyl groups excluding tert-OH is 2. The third-order valence-corrected chi connectivity index (χ3v) is 4.51. The Labute approximate surface area is 96.1 Å². The van der Waals surface area contributed by atoms with Gasteiger partial charge in [-0.05, 0) is 5.92 Å². The predicted molar refractivity (Wildman–Crippen MR) is 60.0 cm³/mol. The largest absolute Gasteiger partial charge is 0.396 e. The first kappa shape index (κ1) is 12.3. The van der Waals surface area contributed by atoms with Crippen LogP contribution in [0.4, 0.5) is 0 Å². The van der Waals surface area contributed by atoms with Crippen molar-refractivity contribution in [3.05, 3.63) is 10.0 Å². The highest BCUT2D eigenvalue weighted by molar-refractivity contribution is 8.01. The summed E-state index contributed by atoms with van der Waals surface area (Å²) >= 11 is 8.73. The van der Waals surface area contributed by atoms with Crippen LogP contribution in [0.1, 0.15) is 11.8 Å². The van der Waals surface area contributed by atoms with Gasteiger partial charge in [0.15, 0.2) is 4.34 Å². The summed E-state index contributed by atoms with van der Waals surface area (Å²) in [6.45, 7) is 2.08. The van der Waals surface area contributed by atoms with Crippen LogP contribution < -0.4 is 0 Å². The van der Waals surface area contributed by atoms with Crippen molar-refractivity contribution in [2.45, 2.75) is 17.9 Å². The van der Waals surface area contributed by atoms with Crippen molar-refractivity contribution in [3.8, 4) is 0 Å². The molecule has 1 atom stereocenters. The topological polar surface area (TPSA) is 53.4 Å². The molecule has 0 aromatic carbocycles. The second-order valence-corrected chi connectivity index (χ2v) is 5.66. The fraction of sp³-hybridized carbons (Fsp3) is 0.625. The molecule has 0 amide bonds. The SMILES string of the molecule is CC(CO)CSc1nc(Cl)c(CO)s1. The van der Waals surface area contributed by atoms with Gasteiger partial charge >= 0.3 is 0 Å². The highest BCUT2D eigenvalue weighted by Gasteiger charge is 2.09. The van der Waals surface area contributed by atoms with Gasteiger partial charge in [0.2, 0.25) is 0 Å². The molecule has 0 radical (unpaired) electrons. The summed E-state index contributed by atoms with van der Waals surface area (Å²) in [5, 5.41) is 18.1. The minimum Gasteiger partial charge on any atom is -0.396 e. The van der Waals surface area contributed by atoms with Gasteiger partial charge in [-0.1, -0.05) is 30.3 Å². The summed E-state index contributed by atoms with van der Waals surface area (Å²) in [6.07, 6.45) is 0. The summed E-state index contributed by atoms with van der Waals surface area (Å²) in [4.78, 5) is 4.79. The Balaban J connectivity index is 2.51. The van der Waals surface area contributed by atoms with Gasteiger partial charge in [0.05, 0.1) is 11.5 Å². The smallest absolute Gasteiger partial charge is 0.152 e. The minimum atomic E-state index is -0.0629. The van der Waals surface area contributed by atoms with E-state index < -0.39 is 0 Å². The normalized spacial score (nSPS) is 13.1. The van der Waals surface area contributed by atoms with Crippen LogP contribution in [0, 0.1) is 5.92 Å². The van der Waals surface area contributed by atoms with E-state index >= 15 is 0 Å². The fourth-order valence-corrected chi connectivity index (χ4v) is 3.07. The van der Waals surface area contributed by atoms with Gasteiger partial charge in [0.1, 0.15) is 5.15 Å². The van der Waals surface area contributed by atoms with E-state index in [1.165, 1.54) is 11.3 Å². The Bertz CT molecular complexity index is 293. The number of thiazole rings is 1. The highest BCUT2D eigenvalue weighted by Crippen LogP contribution is 2.31. The Morgan fingerprint density at radius 3 is 2.79 bits per heavy atom. The van der Waals surface area contributed by atoms with Crippen molar-refractivity contribution in [2.24, 2.45) is 5.92 Å². The number of hydrogen-bond donors (Lipinski definition) is 2. The molecule has 0 spiro atoms. The standard InChI is InChI=1S/C8H12ClNO2S2/c1-5(2-11)4-13-8-10-7(9)6(3-12)14-8/h5,11-12H,2-4H2,1H3. The Morgan fingerprint density at radius 1 is 1.57 bits per heavy atom. The van der Waals surface area contributed by atoms with E-state index in [-0.39, 0.29) is 19.1 Å². The average Bonchev–Trinajstić information content (AvgIpc) is 2.55. The number of hydrogen-bond acceptors (Lipinski definition) is 5. The molecule has 0 fully saturated rings. The fourth-order valence-electron chi connectivity index (χ4n) is 0.738. The summed E-state index contributed by atoms with van der Waals surface area (Å²) < 4.78 is 0.847. The maximum atomic E-state index is 8.89. The molecule has 0 bridgehead atoms. The van der Waals surface area contributed by atoms with Crippen LogP contribution in [-0.2, 0) is 6.61 Å². The first-order chi connectivity index (χ1) is 6.67. The van der Waals surface area contributed by atoms with E-state index in [9.17, 15) is 0 Å². The van der Waals surface area contributed by atoms with Crippen molar-refractivity contribution in [3.63, 3.8) is 0 Å². The molecule has 80 valence electrons. The molecule has 0 aliphatic rings. The van der Waals surface area contributed by atoms with Crippen LogP contribution in [0.15, 0.2) is 4.34 Å². The number of rotatable bonds is 5. The average molecular weight is 254 g/mol. The number of aromatic nitrogens is 1. The maximum Gasteiger partial charge on any atom is 0.152 e. The Kier molecular flexibility index (Phi) is 5.19. The van der Waals surface area contributed by atoms with Crippen LogP contribution in [0.5, 0.6) is 0 Å². The molecule has 6 heteroatoms. The van der Waals surface area contributed by atoms with Crippen molar-refractivity contribution >= 4 is 34.7 Å². The first-order valence-electron chi connectivity index (χ1n) is 4.17. The molecule has 1 rings (SSSR count). The van der Waals surface area contributed by atoms with Gasteiger partial charge in [-0.3, -0.25) is 0 Å². The predicted octanol–water partition coefficient (Wildman–Crippen LogP) is 2.01. The van der Waals surface area contributed by atoms with E-state index in [0.29, 0.717) is 10.0 Å². The maximum absolute atomic E-state index is 8.89. The van der Waals surface area contributed by atoms with Gasteiger partial charge in [0, 0.05) is 12.4 Å². The molecule has 2 N–H and O–H groups in total. The third kappa shape index (κ3) is 3.40. The molecule has 14 heavy (non-hydrogen) atoms. The molecule has 1 heterocycles. The second-order valence-electron chi connectivity index (χ2n) is 2.95. The van der Waals surface area contributed by atoms with E-state index in [0.717, 1.165) is 10.1 Å². The number of nitrogens with zero attached hydrogens (tertiary/aromatic N) is 1. The molecule has 3 nitrogen and oxygen atoms in total. The Morgan fingerprint density at radius 2 is 2.29 bits per heavy atom. The lowest BCUT2D eigenvalue weighted by atomic mass is 10.2. The molecular formula is C8H12ClNO2S2. The number of halogens is 1. The van der Waals surface area contributed by atoms with Crippen LogP contribution in [-0.4, -0.2) is 27.6 Å². The molecule has 0 saturated carbocycles. The van der Waals surface area contributed by atoms with E-state index in [4.69, 9.17) is 21.8 Å². The zero-order valence-corrected chi connectivity index (χ0v) is 10.1. The lowest BCUT2D eigenvalue weighted by Crippen LogP contribution is -2.02. The lowest BCUT2D eigenvalue weighted by molar-refractivity contribution is 0.250. The first-order valence-corrected chi connectivity index (χ1v) is 6.35. The van der Waals surface area contributed by atoms with Gasteiger partial charge in [-0.2, -0.15) is 0 Å². The van der Waals surface area contributed by atoms with E-state index in [1.54, 1.807) is 11.8 Å². The number of thioether (sulfide) groups is 1. The zero-order valence-electron chi connectivity index (χ0n) is 7.73. The zero-order chi connectivity index (χ0) is 10.6. The quantitative estimate of drug-likeness (QED) is 0.789. The van der Waals surface area contributed by atoms with Gasteiger partial charge in [0.25, 0.3) is 0 Å². The second kappa shape index (κ2) is 5.92. The van der Waals surface area contributed by atoms with Crippen molar-refractivity contribution in [1.82, 2.24) is 4.98 Å². The molecule has 1 unspecified atom stereocenters. The molecule has 1 aromatic heterocycles. The third-order valence-electron chi connectivity index (χ3n) is 1.58. The van der Waals surface area contributed by atoms with Crippen molar-refractivity contribution in [1.29, 1.82) is 0 Å². The van der Waals surface area contributed by atoms with Crippen LogP contribution in [0.25, 0.3) is 0 Å². The molecule has 0 aliphatic carbocycles. The number of aliphatic hydroxyl groups is 2. The molecular weight excluding hydrogens is 242 g/mol. The summed E-state index contributed by atoms with van der Waals surface area (Å²) in [5.74, 6) is 1.06. The van der Waals surface area contributed by atoms with E-state index in [1.807, 2.05) is 6.92 Å². The van der Waals surface area contributed by atoms with Gasteiger partial charge < -0.3 is 10.2 Å². The highest BCUT2D eigenvalue weighted by atomic mass is 35.5. The van der Waals surface area contributed by atoms with Gasteiger partial charge in [-0.15, -0.1) is 11.3 Å².